The maximum absolute atomic E-state index is 13.5. The van der Waals surface area contributed by atoms with E-state index in [4.69, 9.17) is 10.5 Å². The molecular formula is C13H18BrFN2O. The molecule has 0 amide bonds. The van der Waals surface area contributed by atoms with E-state index in [1.807, 2.05) is 6.07 Å². The Balaban J connectivity index is 1.96. The highest BCUT2D eigenvalue weighted by atomic mass is 79.9. The molecule has 0 aromatic heterocycles. The van der Waals surface area contributed by atoms with E-state index in [9.17, 15) is 4.39 Å². The fourth-order valence-corrected chi connectivity index (χ4v) is 2.39. The molecule has 1 aromatic carbocycles. The minimum absolute atomic E-state index is 0.0307. The van der Waals surface area contributed by atoms with Crippen LogP contribution in [0, 0.1) is 5.82 Å². The zero-order chi connectivity index (χ0) is 13.0. The Hall–Kier alpha value is -0.490. The molecule has 0 spiro atoms. The first-order valence-electron chi connectivity index (χ1n) is 6.20. The lowest BCUT2D eigenvalue weighted by molar-refractivity contribution is 0.107. The molecule has 1 fully saturated rings. The molecule has 1 saturated heterocycles. The highest BCUT2D eigenvalue weighted by Crippen LogP contribution is 2.21. The SMILES string of the molecule is NCC(NCC1CCCO1)c1ccc(Br)c(F)c1. The van der Waals surface area contributed by atoms with Crippen molar-refractivity contribution >= 4 is 15.9 Å². The van der Waals surface area contributed by atoms with Gasteiger partial charge in [0.15, 0.2) is 0 Å². The number of benzene rings is 1. The van der Waals surface area contributed by atoms with Crippen molar-refractivity contribution < 1.29 is 9.13 Å². The maximum atomic E-state index is 13.5. The van der Waals surface area contributed by atoms with Crippen LogP contribution in [0.5, 0.6) is 0 Å². The minimum Gasteiger partial charge on any atom is -0.377 e. The van der Waals surface area contributed by atoms with Crippen LogP contribution in [0.15, 0.2) is 22.7 Å². The van der Waals surface area contributed by atoms with Gasteiger partial charge in [0.2, 0.25) is 0 Å². The highest BCUT2D eigenvalue weighted by Gasteiger charge is 2.18. The fraction of sp³-hybridized carbons (Fsp3) is 0.538. The summed E-state index contributed by atoms with van der Waals surface area (Å²) in [7, 11) is 0. The van der Waals surface area contributed by atoms with E-state index in [2.05, 4.69) is 21.2 Å². The lowest BCUT2D eigenvalue weighted by Crippen LogP contribution is -2.34. The molecule has 0 saturated carbocycles. The van der Waals surface area contributed by atoms with Crippen LogP contribution in [0.4, 0.5) is 4.39 Å². The second-order valence-corrected chi connectivity index (χ2v) is 5.36. The quantitative estimate of drug-likeness (QED) is 0.876. The summed E-state index contributed by atoms with van der Waals surface area (Å²) < 4.78 is 19.5. The first-order valence-corrected chi connectivity index (χ1v) is 7.00. The Labute approximate surface area is 115 Å². The first kappa shape index (κ1) is 13.9. The van der Waals surface area contributed by atoms with Crippen molar-refractivity contribution in [3.63, 3.8) is 0 Å². The minimum atomic E-state index is -0.259. The molecule has 1 aliphatic rings. The van der Waals surface area contributed by atoms with E-state index in [1.54, 1.807) is 6.07 Å². The van der Waals surface area contributed by atoms with Crippen molar-refractivity contribution in [3.05, 3.63) is 34.1 Å². The molecule has 1 aliphatic heterocycles. The van der Waals surface area contributed by atoms with Crippen molar-refractivity contribution in [2.75, 3.05) is 19.7 Å². The molecule has 1 aromatic rings. The topological polar surface area (TPSA) is 47.3 Å². The third kappa shape index (κ3) is 3.51. The number of ether oxygens (including phenoxy) is 1. The summed E-state index contributed by atoms with van der Waals surface area (Å²) in [4.78, 5) is 0. The average molecular weight is 317 g/mol. The Morgan fingerprint density at radius 1 is 1.56 bits per heavy atom. The molecule has 2 atom stereocenters. The fourth-order valence-electron chi connectivity index (χ4n) is 2.15. The predicted molar refractivity (Wildman–Crippen MR) is 72.9 cm³/mol. The predicted octanol–water partition coefficient (Wildman–Crippen LogP) is 2.36. The van der Waals surface area contributed by atoms with E-state index < -0.39 is 0 Å². The summed E-state index contributed by atoms with van der Waals surface area (Å²) in [6.07, 6.45) is 2.46. The van der Waals surface area contributed by atoms with Gasteiger partial charge in [-0.05, 0) is 46.5 Å². The smallest absolute Gasteiger partial charge is 0.137 e. The Morgan fingerprint density at radius 3 is 3.00 bits per heavy atom. The standard InChI is InChI=1S/C13H18BrFN2O/c14-11-4-3-9(6-12(11)15)13(7-16)17-8-10-2-1-5-18-10/h3-4,6,10,13,17H,1-2,5,7-8,16H2. The number of nitrogens with two attached hydrogens (primary N) is 1. The molecule has 0 bridgehead atoms. The molecule has 18 heavy (non-hydrogen) atoms. The van der Waals surface area contributed by atoms with Gasteiger partial charge in [-0.1, -0.05) is 6.07 Å². The average Bonchev–Trinajstić information content (AvgIpc) is 2.87. The third-order valence-electron chi connectivity index (χ3n) is 3.20. The van der Waals surface area contributed by atoms with Crippen molar-refractivity contribution in [3.8, 4) is 0 Å². The van der Waals surface area contributed by atoms with Crippen molar-refractivity contribution in [2.45, 2.75) is 25.0 Å². The molecular weight excluding hydrogens is 299 g/mol. The van der Waals surface area contributed by atoms with Gasteiger partial charge in [0.1, 0.15) is 5.82 Å². The molecule has 1 heterocycles. The van der Waals surface area contributed by atoms with E-state index in [-0.39, 0.29) is 18.0 Å². The molecule has 3 nitrogen and oxygen atoms in total. The largest absolute Gasteiger partial charge is 0.377 e. The van der Waals surface area contributed by atoms with E-state index in [0.29, 0.717) is 11.0 Å². The maximum Gasteiger partial charge on any atom is 0.137 e. The van der Waals surface area contributed by atoms with Gasteiger partial charge >= 0.3 is 0 Å². The first-order chi connectivity index (χ1) is 8.70. The van der Waals surface area contributed by atoms with Crippen molar-refractivity contribution in [2.24, 2.45) is 5.73 Å². The molecule has 2 unspecified atom stereocenters. The summed E-state index contributed by atoms with van der Waals surface area (Å²) in [6.45, 7) is 2.04. The zero-order valence-corrected chi connectivity index (χ0v) is 11.7. The van der Waals surface area contributed by atoms with Crippen LogP contribution in [0.25, 0.3) is 0 Å². The second kappa shape index (κ2) is 6.61. The molecule has 0 aliphatic carbocycles. The van der Waals surface area contributed by atoms with Crippen LogP contribution in [0.1, 0.15) is 24.4 Å². The Bertz CT molecular complexity index is 397. The van der Waals surface area contributed by atoms with E-state index in [1.165, 1.54) is 6.07 Å². The zero-order valence-electron chi connectivity index (χ0n) is 10.2. The number of rotatable bonds is 5. The number of hydrogen-bond acceptors (Lipinski definition) is 3. The number of halogens is 2. The summed E-state index contributed by atoms with van der Waals surface area (Å²) >= 11 is 3.15. The lowest BCUT2D eigenvalue weighted by Gasteiger charge is -2.20. The number of nitrogens with one attached hydrogen (secondary N) is 1. The van der Waals surface area contributed by atoms with E-state index >= 15 is 0 Å². The Kier molecular flexibility index (Phi) is 5.12. The summed E-state index contributed by atoms with van der Waals surface area (Å²) in [5, 5.41) is 3.34. The molecule has 5 heteroatoms. The summed E-state index contributed by atoms with van der Waals surface area (Å²) in [5.41, 5.74) is 6.61. The van der Waals surface area contributed by atoms with Gasteiger partial charge in [0.25, 0.3) is 0 Å². The molecule has 3 N–H and O–H groups in total. The third-order valence-corrected chi connectivity index (χ3v) is 3.84. The van der Waals surface area contributed by atoms with Gasteiger partial charge in [-0.25, -0.2) is 4.39 Å². The van der Waals surface area contributed by atoms with Crippen LogP contribution in [0.2, 0.25) is 0 Å². The molecule has 0 radical (unpaired) electrons. The van der Waals surface area contributed by atoms with Crippen LogP contribution in [-0.2, 0) is 4.74 Å². The van der Waals surface area contributed by atoms with Crippen LogP contribution in [0.3, 0.4) is 0 Å². The van der Waals surface area contributed by atoms with Gasteiger partial charge in [0, 0.05) is 25.7 Å². The van der Waals surface area contributed by atoms with Gasteiger partial charge in [-0.3, -0.25) is 0 Å². The van der Waals surface area contributed by atoms with Crippen LogP contribution in [-0.4, -0.2) is 25.8 Å². The number of hydrogen-bond donors (Lipinski definition) is 2. The summed E-state index contributed by atoms with van der Waals surface area (Å²) in [6, 6.07) is 5.08. The Morgan fingerprint density at radius 2 is 2.39 bits per heavy atom. The van der Waals surface area contributed by atoms with Gasteiger partial charge < -0.3 is 15.8 Å². The van der Waals surface area contributed by atoms with Crippen molar-refractivity contribution in [1.29, 1.82) is 0 Å². The van der Waals surface area contributed by atoms with Gasteiger partial charge in [0.05, 0.1) is 10.6 Å². The van der Waals surface area contributed by atoms with Crippen LogP contribution < -0.4 is 11.1 Å². The summed E-state index contributed by atoms with van der Waals surface area (Å²) in [5.74, 6) is -0.259. The van der Waals surface area contributed by atoms with Gasteiger partial charge in [-0.2, -0.15) is 0 Å². The molecule has 2 rings (SSSR count). The van der Waals surface area contributed by atoms with Crippen molar-refractivity contribution in [1.82, 2.24) is 5.32 Å². The van der Waals surface area contributed by atoms with Crippen LogP contribution >= 0.6 is 15.9 Å². The molecule has 100 valence electrons. The second-order valence-electron chi connectivity index (χ2n) is 4.51. The normalized spacial score (nSPS) is 21.2. The highest BCUT2D eigenvalue weighted by molar-refractivity contribution is 9.10. The van der Waals surface area contributed by atoms with Gasteiger partial charge in [-0.15, -0.1) is 0 Å². The van der Waals surface area contributed by atoms with E-state index in [0.717, 1.165) is 31.6 Å². The lowest BCUT2D eigenvalue weighted by atomic mass is 10.1. The monoisotopic (exact) mass is 316 g/mol.